The van der Waals surface area contributed by atoms with E-state index < -0.39 is 0 Å². The molecule has 1 N–H and O–H groups in total. The number of carbonyl (C=O) groups is 1. The van der Waals surface area contributed by atoms with Gasteiger partial charge in [-0.1, -0.05) is 42.5 Å². The lowest BCUT2D eigenvalue weighted by molar-refractivity contribution is 0.103. The van der Waals surface area contributed by atoms with Crippen molar-refractivity contribution in [2.75, 3.05) is 24.3 Å². The fraction of sp³-hybridized carbons (Fsp3) is 0.0952. The average Bonchev–Trinajstić information content (AvgIpc) is 2.63. The van der Waals surface area contributed by atoms with Gasteiger partial charge in [0.15, 0.2) is 5.78 Å². The van der Waals surface area contributed by atoms with Crippen LogP contribution in [-0.2, 0) is 0 Å². The monoisotopic (exact) mass is 316 g/mol. The zero-order chi connectivity index (χ0) is 16.9. The molecule has 0 amide bonds. The number of rotatable bonds is 5. The number of nitrogens with one attached hydrogen (secondary N) is 1. The van der Waals surface area contributed by atoms with Crippen LogP contribution in [0.4, 0.5) is 17.1 Å². The van der Waals surface area contributed by atoms with Gasteiger partial charge in [-0.15, -0.1) is 0 Å². The molecule has 0 aliphatic heterocycles. The van der Waals surface area contributed by atoms with Gasteiger partial charge in [0.05, 0.1) is 11.4 Å². The average molecular weight is 316 g/mol. The molecule has 0 atom stereocenters. The van der Waals surface area contributed by atoms with Crippen LogP contribution < -0.4 is 10.2 Å². The Morgan fingerprint density at radius 1 is 0.750 bits per heavy atom. The Morgan fingerprint density at radius 3 is 2.00 bits per heavy atom. The molecule has 3 aromatic rings. The maximum absolute atomic E-state index is 12.4. The SMILES string of the molecule is CN(C)c1ccccc1Nc1ccc(C(=O)c2ccccc2)cc1. The van der Waals surface area contributed by atoms with Gasteiger partial charge in [-0.05, 0) is 36.4 Å². The fourth-order valence-corrected chi connectivity index (χ4v) is 2.59. The highest BCUT2D eigenvalue weighted by Crippen LogP contribution is 2.27. The maximum atomic E-state index is 12.4. The molecule has 3 heteroatoms. The number of nitrogens with zero attached hydrogens (tertiary/aromatic N) is 1. The first kappa shape index (κ1) is 15.8. The van der Waals surface area contributed by atoms with E-state index in [-0.39, 0.29) is 5.78 Å². The van der Waals surface area contributed by atoms with Crippen LogP contribution in [0.1, 0.15) is 15.9 Å². The van der Waals surface area contributed by atoms with Gasteiger partial charge in [0.2, 0.25) is 0 Å². The lowest BCUT2D eigenvalue weighted by Crippen LogP contribution is -2.10. The fourth-order valence-electron chi connectivity index (χ4n) is 2.59. The second-order valence-electron chi connectivity index (χ2n) is 5.81. The lowest BCUT2D eigenvalue weighted by Gasteiger charge is -2.18. The summed E-state index contributed by atoms with van der Waals surface area (Å²) in [6, 6.07) is 25.0. The molecule has 0 saturated heterocycles. The smallest absolute Gasteiger partial charge is 0.193 e. The normalized spacial score (nSPS) is 10.2. The van der Waals surface area contributed by atoms with Crippen molar-refractivity contribution in [1.82, 2.24) is 0 Å². The summed E-state index contributed by atoms with van der Waals surface area (Å²) in [7, 11) is 4.03. The van der Waals surface area contributed by atoms with Gasteiger partial charge in [0.25, 0.3) is 0 Å². The highest BCUT2D eigenvalue weighted by molar-refractivity contribution is 6.09. The Labute approximate surface area is 142 Å². The molecule has 0 saturated carbocycles. The summed E-state index contributed by atoms with van der Waals surface area (Å²) in [4.78, 5) is 14.5. The Bertz CT molecular complexity index is 824. The van der Waals surface area contributed by atoms with Crippen molar-refractivity contribution in [2.24, 2.45) is 0 Å². The summed E-state index contributed by atoms with van der Waals surface area (Å²) >= 11 is 0. The van der Waals surface area contributed by atoms with E-state index in [4.69, 9.17) is 0 Å². The van der Waals surface area contributed by atoms with Crippen LogP contribution in [0.2, 0.25) is 0 Å². The maximum Gasteiger partial charge on any atom is 0.193 e. The molecule has 0 heterocycles. The van der Waals surface area contributed by atoms with Crippen LogP contribution in [-0.4, -0.2) is 19.9 Å². The third-order valence-electron chi connectivity index (χ3n) is 3.85. The Balaban J connectivity index is 1.80. The first-order valence-electron chi connectivity index (χ1n) is 7.88. The van der Waals surface area contributed by atoms with E-state index in [1.165, 1.54) is 0 Å². The summed E-state index contributed by atoms with van der Waals surface area (Å²) in [5.41, 5.74) is 4.49. The second kappa shape index (κ2) is 7.01. The molecule has 0 aromatic heterocycles. The minimum atomic E-state index is 0.0378. The van der Waals surface area contributed by atoms with Crippen LogP contribution in [0.5, 0.6) is 0 Å². The van der Waals surface area contributed by atoms with Crippen molar-refractivity contribution in [2.45, 2.75) is 0 Å². The third-order valence-corrected chi connectivity index (χ3v) is 3.85. The number of ketones is 1. The van der Waals surface area contributed by atoms with Gasteiger partial charge < -0.3 is 10.2 Å². The first-order chi connectivity index (χ1) is 11.6. The van der Waals surface area contributed by atoms with Gasteiger partial charge in [0, 0.05) is 30.9 Å². The van der Waals surface area contributed by atoms with E-state index in [9.17, 15) is 4.79 Å². The number of para-hydroxylation sites is 2. The molecular weight excluding hydrogens is 296 g/mol. The molecule has 3 nitrogen and oxygen atoms in total. The molecule has 0 unspecified atom stereocenters. The van der Waals surface area contributed by atoms with Gasteiger partial charge in [0.1, 0.15) is 0 Å². The third kappa shape index (κ3) is 3.46. The number of carbonyl (C=O) groups excluding carboxylic acids is 1. The van der Waals surface area contributed by atoms with Crippen LogP contribution in [0, 0.1) is 0 Å². The minimum absolute atomic E-state index is 0.0378. The molecule has 120 valence electrons. The predicted molar refractivity (Wildman–Crippen MR) is 100 cm³/mol. The van der Waals surface area contributed by atoms with Crippen LogP contribution in [0.3, 0.4) is 0 Å². The van der Waals surface area contributed by atoms with E-state index in [0.29, 0.717) is 11.1 Å². The van der Waals surface area contributed by atoms with Gasteiger partial charge in [-0.3, -0.25) is 4.79 Å². The predicted octanol–water partition coefficient (Wildman–Crippen LogP) is 4.73. The molecular formula is C21H20N2O. The van der Waals surface area contributed by atoms with Gasteiger partial charge in [-0.25, -0.2) is 0 Å². The quantitative estimate of drug-likeness (QED) is 0.691. The Kier molecular flexibility index (Phi) is 4.62. The van der Waals surface area contributed by atoms with Crippen molar-refractivity contribution >= 4 is 22.8 Å². The van der Waals surface area contributed by atoms with Gasteiger partial charge in [-0.2, -0.15) is 0 Å². The van der Waals surface area contributed by atoms with Crippen molar-refractivity contribution in [3.63, 3.8) is 0 Å². The standard InChI is InChI=1S/C21H20N2O/c1-23(2)20-11-7-6-10-19(20)22-18-14-12-17(13-15-18)21(24)16-8-4-3-5-9-16/h3-15,22H,1-2H3. The second-order valence-corrected chi connectivity index (χ2v) is 5.81. The van der Waals surface area contributed by atoms with Crippen molar-refractivity contribution in [3.05, 3.63) is 90.0 Å². The van der Waals surface area contributed by atoms with Crippen LogP contribution in [0.25, 0.3) is 0 Å². The summed E-state index contributed by atoms with van der Waals surface area (Å²) in [6.45, 7) is 0. The molecule has 0 spiro atoms. The minimum Gasteiger partial charge on any atom is -0.376 e. The van der Waals surface area contributed by atoms with Crippen molar-refractivity contribution < 1.29 is 4.79 Å². The highest BCUT2D eigenvalue weighted by Gasteiger charge is 2.09. The molecule has 0 bridgehead atoms. The highest BCUT2D eigenvalue weighted by atomic mass is 16.1. The van der Waals surface area contributed by atoms with Crippen molar-refractivity contribution in [1.29, 1.82) is 0 Å². The molecule has 3 rings (SSSR count). The van der Waals surface area contributed by atoms with Crippen LogP contribution in [0.15, 0.2) is 78.9 Å². The summed E-state index contributed by atoms with van der Waals surface area (Å²) in [5, 5.41) is 3.41. The van der Waals surface area contributed by atoms with Gasteiger partial charge >= 0.3 is 0 Å². The molecule has 24 heavy (non-hydrogen) atoms. The van der Waals surface area contributed by atoms with Crippen LogP contribution >= 0.6 is 0 Å². The summed E-state index contributed by atoms with van der Waals surface area (Å²) < 4.78 is 0. The Morgan fingerprint density at radius 2 is 1.33 bits per heavy atom. The van der Waals surface area contributed by atoms with E-state index in [1.54, 1.807) is 0 Å². The zero-order valence-corrected chi connectivity index (χ0v) is 13.9. The summed E-state index contributed by atoms with van der Waals surface area (Å²) in [5.74, 6) is 0.0378. The van der Waals surface area contributed by atoms with Crippen molar-refractivity contribution in [3.8, 4) is 0 Å². The molecule has 0 fully saturated rings. The number of anilines is 3. The van der Waals surface area contributed by atoms with E-state index in [1.807, 2.05) is 86.9 Å². The van der Waals surface area contributed by atoms with E-state index in [0.717, 1.165) is 17.1 Å². The lowest BCUT2D eigenvalue weighted by atomic mass is 10.0. The number of hydrogen-bond donors (Lipinski definition) is 1. The topological polar surface area (TPSA) is 32.3 Å². The zero-order valence-electron chi connectivity index (χ0n) is 13.9. The molecule has 0 radical (unpaired) electrons. The van der Waals surface area contributed by atoms with E-state index in [2.05, 4.69) is 16.3 Å². The molecule has 0 aliphatic rings. The largest absolute Gasteiger partial charge is 0.376 e. The number of benzene rings is 3. The molecule has 0 aliphatic carbocycles. The first-order valence-corrected chi connectivity index (χ1v) is 7.88. The van der Waals surface area contributed by atoms with E-state index >= 15 is 0 Å². The Hall–Kier alpha value is -3.07. The number of hydrogen-bond acceptors (Lipinski definition) is 3. The molecule has 3 aromatic carbocycles. The summed E-state index contributed by atoms with van der Waals surface area (Å²) in [6.07, 6.45) is 0.